The molecule has 0 spiro atoms. The van der Waals surface area contributed by atoms with Gasteiger partial charge in [0.25, 0.3) is 5.91 Å². The second kappa shape index (κ2) is 6.99. The second-order valence-electron chi connectivity index (χ2n) is 5.54. The van der Waals surface area contributed by atoms with E-state index in [1.807, 2.05) is 0 Å². The van der Waals surface area contributed by atoms with Crippen molar-refractivity contribution in [1.29, 1.82) is 0 Å². The molecule has 0 aliphatic heterocycles. The van der Waals surface area contributed by atoms with E-state index in [1.54, 1.807) is 0 Å². The van der Waals surface area contributed by atoms with Crippen LogP contribution in [0.3, 0.4) is 0 Å². The number of nitrogens with zero attached hydrogens (tertiary/aromatic N) is 3. The lowest BCUT2D eigenvalue weighted by atomic mass is 10.2. The molecule has 0 fully saturated rings. The van der Waals surface area contributed by atoms with E-state index in [1.165, 1.54) is 37.4 Å². The second-order valence-corrected chi connectivity index (χ2v) is 5.95. The average molecular weight is 399 g/mol. The number of halogens is 5. The number of carbonyl (C=O) groups excluding carboxylic acids is 1. The minimum Gasteiger partial charge on any atom is -0.322 e. The lowest BCUT2D eigenvalue weighted by molar-refractivity contribution is -0.143. The Hall–Kier alpha value is -2.94. The van der Waals surface area contributed by atoms with Crippen LogP contribution in [-0.4, -0.2) is 20.7 Å². The molecule has 0 saturated carbocycles. The van der Waals surface area contributed by atoms with Crippen LogP contribution in [0, 0.1) is 12.7 Å². The van der Waals surface area contributed by atoms with Crippen molar-refractivity contribution in [3.05, 3.63) is 70.4 Å². The molecule has 140 valence electrons. The van der Waals surface area contributed by atoms with Crippen LogP contribution in [-0.2, 0) is 6.18 Å². The molecule has 0 atom stereocenters. The van der Waals surface area contributed by atoms with Gasteiger partial charge in [0.2, 0.25) is 0 Å². The number of benzene rings is 1. The number of hydrogen-bond donors (Lipinski definition) is 1. The van der Waals surface area contributed by atoms with Crippen molar-refractivity contribution in [2.45, 2.75) is 13.1 Å². The molecule has 3 rings (SSSR count). The molecular weight excluding hydrogens is 388 g/mol. The van der Waals surface area contributed by atoms with Gasteiger partial charge in [-0.3, -0.25) is 4.79 Å². The van der Waals surface area contributed by atoms with Crippen LogP contribution in [0.25, 0.3) is 5.82 Å². The van der Waals surface area contributed by atoms with Crippen LogP contribution >= 0.6 is 11.6 Å². The Morgan fingerprint density at radius 3 is 2.63 bits per heavy atom. The molecule has 0 unspecified atom stereocenters. The lowest BCUT2D eigenvalue weighted by Crippen LogP contribution is -2.21. The van der Waals surface area contributed by atoms with E-state index in [9.17, 15) is 22.4 Å². The van der Waals surface area contributed by atoms with E-state index in [-0.39, 0.29) is 22.1 Å². The van der Waals surface area contributed by atoms with Crippen molar-refractivity contribution in [2.24, 2.45) is 0 Å². The van der Waals surface area contributed by atoms with Gasteiger partial charge in [0.05, 0.1) is 16.8 Å². The summed E-state index contributed by atoms with van der Waals surface area (Å²) in [6.07, 6.45) is -2.87. The molecule has 0 aliphatic carbocycles. The Labute approximate surface area is 155 Å². The number of amides is 1. The highest BCUT2D eigenvalue weighted by atomic mass is 35.5. The lowest BCUT2D eigenvalue weighted by Gasteiger charge is -2.13. The van der Waals surface area contributed by atoms with Gasteiger partial charge in [-0.25, -0.2) is 14.1 Å². The maximum Gasteiger partial charge on any atom is 0.434 e. The number of carbonyl (C=O) groups is 1. The van der Waals surface area contributed by atoms with Crippen LogP contribution in [0.4, 0.5) is 23.2 Å². The molecule has 2 heterocycles. The quantitative estimate of drug-likeness (QED) is 0.654. The number of rotatable bonds is 3. The van der Waals surface area contributed by atoms with Crippen molar-refractivity contribution < 1.29 is 22.4 Å². The van der Waals surface area contributed by atoms with Crippen LogP contribution < -0.4 is 5.32 Å². The number of aromatic nitrogens is 3. The minimum absolute atomic E-state index is 0.0628. The summed E-state index contributed by atoms with van der Waals surface area (Å²) in [5.41, 5.74) is -1.65. The third kappa shape index (κ3) is 3.77. The maximum atomic E-state index is 13.6. The minimum atomic E-state index is -4.90. The molecule has 3 aromatic rings. The van der Waals surface area contributed by atoms with Crippen LogP contribution in [0.15, 0.2) is 42.7 Å². The van der Waals surface area contributed by atoms with Crippen molar-refractivity contribution in [3.8, 4) is 5.82 Å². The molecule has 0 aliphatic rings. The largest absolute Gasteiger partial charge is 0.434 e. The molecule has 10 heteroatoms. The summed E-state index contributed by atoms with van der Waals surface area (Å²) in [5.74, 6) is -1.81. The van der Waals surface area contributed by atoms with Gasteiger partial charge < -0.3 is 5.32 Å². The van der Waals surface area contributed by atoms with Gasteiger partial charge in [0, 0.05) is 11.9 Å². The summed E-state index contributed by atoms with van der Waals surface area (Å²) in [5, 5.41) is 5.88. The van der Waals surface area contributed by atoms with Crippen molar-refractivity contribution >= 4 is 23.2 Å². The van der Waals surface area contributed by atoms with Gasteiger partial charge in [-0.05, 0) is 42.8 Å². The molecule has 1 N–H and O–H groups in total. The number of hydrogen-bond acceptors (Lipinski definition) is 3. The standard InChI is InChI=1S/C17H11ClF4N4O/c1-9-7-10(4-5-13(9)19)25-16(27)11-8-24-26(14(11)17(20,21)22)15-12(18)3-2-6-23-15/h2-8H,1H3,(H,25,27). The van der Waals surface area contributed by atoms with Gasteiger partial charge in [-0.2, -0.15) is 18.3 Å². The first-order valence-corrected chi connectivity index (χ1v) is 7.90. The highest BCUT2D eigenvalue weighted by molar-refractivity contribution is 6.32. The third-order valence-corrected chi connectivity index (χ3v) is 3.93. The Bertz CT molecular complexity index is 1020. The Morgan fingerprint density at radius 2 is 2.00 bits per heavy atom. The van der Waals surface area contributed by atoms with E-state index >= 15 is 0 Å². The van der Waals surface area contributed by atoms with Crippen molar-refractivity contribution in [2.75, 3.05) is 5.32 Å². The Kier molecular flexibility index (Phi) is 4.88. The fraction of sp³-hybridized carbons (Fsp3) is 0.118. The van der Waals surface area contributed by atoms with E-state index in [0.29, 0.717) is 4.68 Å². The summed E-state index contributed by atoms with van der Waals surface area (Å²) in [7, 11) is 0. The molecule has 0 bridgehead atoms. The third-order valence-electron chi connectivity index (χ3n) is 3.64. The number of nitrogens with one attached hydrogen (secondary N) is 1. The number of alkyl halides is 3. The predicted octanol–water partition coefficient (Wildman–Crippen LogP) is 4.64. The summed E-state index contributed by atoms with van der Waals surface area (Å²) in [4.78, 5) is 16.2. The Balaban J connectivity index is 2.04. The zero-order valence-corrected chi connectivity index (χ0v) is 14.4. The highest BCUT2D eigenvalue weighted by Crippen LogP contribution is 2.34. The first-order chi connectivity index (χ1) is 12.7. The van der Waals surface area contributed by atoms with Gasteiger partial charge in [0.15, 0.2) is 11.5 Å². The van der Waals surface area contributed by atoms with E-state index in [0.717, 1.165) is 12.3 Å². The number of anilines is 1. The Morgan fingerprint density at radius 1 is 1.26 bits per heavy atom. The average Bonchev–Trinajstić information content (AvgIpc) is 3.04. The van der Waals surface area contributed by atoms with E-state index in [2.05, 4.69) is 15.4 Å². The molecule has 2 aromatic heterocycles. The molecule has 1 amide bonds. The summed E-state index contributed by atoms with van der Waals surface area (Å²) in [6, 6.07) is 6.46. The molecule has 27 heavy (non-hydrogen) atoms. The zero-order chi connectivity index (χ0) is 19.8. The van der Waals surface area contributed by atoms with Crippen LogP contribution in [0.2, 0.25) is 5.02 Å². The summed E-state index contributed by atoms with van der Waals surface area (Å²) in [6.45, 7) is 1.47. The molecule has 5 nitrogen and oxygen atoms in total. The first-order valence-electron chi connectivity index (χ1n) is 7.52. The van der Waals surface area contributed by atoms with Gasteiger partial charge in [0.1, 0.15) is 5.82 Å². The highest BCUT2D eigenvalue weighted by Gasteiger charge is 2.41. The monoisotopic (exact) mass is 398 g/mol. The maximum absolute atomic E-state index is 13.6. The first kappa shape index (κ1) is 18.8. The number of aryl methyl sites for hydroxylation is 1. The van der Waals surface area contributed by atoms with Gasteiger partial charge in [-0.15, -0.1) is 0 Å². The van der Waals surface area contributed by atoms with Crippen LogP contribution in [0.5, 0.6) is 0 Å². The van der Waals surface area contributed by atoms with Crippen molar-refractivity contribution in [1.82, 2.24) is 14.8 Å². The molecule has 1 aromatic carbocycles. The van der Waals surface area contributed by atoms with Crippen molar-refractivity contribution in [3.63, 3.8) is 0 Å². The molecule has 0 saturated heterocycles. The predicted molar refractivity (Wildman–Crippen MR) is 90.5 cm³/mol. The number of pyridine rings is 1. The van der Waals surface area contributed by atoms with E-state index < -0.39 is 29.2 Å². The van der Waals surface area contributed by atoms with Crippen LogP contribution in [0.1, 0.15) is 21.6 Å². The van der Waals surface area contributed by atoms with E-state index in [4.69, 9.17) is 11.6 Å². The normalized spacial score (nSPS) is 11.5. The van der Waals surface area contributed by atoms with Gasteiger partial charge >= 0.3 is 6.18 Å². The zero-order valence-electron chi connectivity index (χ0n) is 13.7. The SMILES string of the molecule is Cc1cc(NC(=O)c2cnn(-c3ncccc3Cl)c2C(F)(F)F)ccc1F. The van der Waals surface area contributed by atoms with Gasteiger partial charge in [-0.1, -0.05) is 11.6 Å². The fourth-order valence-corrected chi connectivity index (χ4v) is 2.60. The molecule has 0 radical (unpaired) electrons. The smallest absolute Gasteiger partial charge is 0.322 e. The summed E-state index contributed by atoms with van der Waals surface area (Å²) >= 11 is 5.90. The summed E-state index contributed by atoms with van der Waals surface area (Å²) < 4.78 is 54.6. The molecular formula is C17H11ClF4N4O. The fourth-order valence-electron chi connectivity index (χ4n) is 2.40. The topological polar surface area (TPSA) is 59.8 Å².